The second-order valence-electron chi connectivity index (χ2n) is 5.81. The Labute approximate surface area is 118 Å². The number of hydrogen-bond donors (Lipinski definition) is 1. The normalized spacial score (nSPS) is 18.6. The number of rotatable bonds is 2. The molecular formula is C14H18N2OSSi. The molecule has 0 aromatic carbocycles. The van der Waals surface area contributed by atoms with Crippen LogP contribution in [0.5, 0.6) is 0 Å². The highest BCUT2D eigenvalue weighted by Gasteiger charge is 2.21. The molecule has 2 aromatic rings. The predicted octanol–water partition coefficient (Wildman–Crippen LogP) is 3.01. The van der Waals surface area contributed by atoms with Crippen LogP contribution in [0.1, 0.15) is 5.69 Å². The Morgan fingerprint density at radius 2 is 2.21 bits per heavy atom. The zero-order valence-electron chi connectivity index (χ0n) is 11.5. The van der Waals surface area contributed by atoms with Crippen molar-refractivity contribution in [2.45, 2.75) is 19.6 Å². The smallest absolute Gasteiger partial charge is 0.152 e. The largest absolute Gasteiger partial charge is 0.465 e. The van der Waals surface area contributed by atoms with Crippen molar-refractivity contribution in [2.75, 3.05) is 12.4 Å². The molecule has 0 saturated carbocycles. The topological polar surface area (TPSA) is 38.1 Å². The lowest BCUT2D eigenvalue weighted by Gasteiger charge is -2.10. The van der Waals surface area contributed by atoms with E-state index in [1.165, 1.54) is 4.91 Å². The molecule has 3 heterocycles. The highest BCUT2D eigenvalue weighted by Crippen LogP contribution is 2.23. The number of nitrogens with zero attached hydrogens (tertiary/aromatic N) is 1. The van der Waals surface area contributed by atoms with Gasteiger partial charge in [-0.2, -0.15) is 0 Å². The fourth-order valence-corrected chi connectivity index (χ4v) is 3.80. The molecule has 3 nitrogen and oxygen atoms in total. The summed E-state index contributed by atoms with van der Waals surface area (Å²) in [5, 5.41) is 4.43. The van der Waals surface area contributed by atoms with Crippen LogP contribution in [-0.2, 0) is 0 Å². The first-order valence-corrected chi connectivity index (χ1v) is 11.0. The van der Waals surface area contributed by atoms with E-state index in [2.05, 4.69) is 42.1 Å². The Kier molecular flexibility index (Phi) is 3.28. The molecule has 0 spiro atoms. The fraction of sp³-hybridized carbons (Fsp3) is 0.357. The van der Waals surface area contributed by atoms with Crippen LogP contribution in [0.2, 0.25) is 19.6 Å². The van der Waals surface area contributed by atoms with Crippen molar-refractivity contribution in [3.63, 3.8) is 0 Å². The first kappa shape index (κ1) is 13.0. The van der Waals surface area contributed by atoms with Crippen LogP contribution in [0, 0.1) is 0 Å². The van der Waals surface area contributed by atoms with Gasteiger partial charge in [0, 0.05) is 23.4 Å². The van der Waals surface area contributed by atoms with Crippen LogP contribution in [0.3, 0.4) is 0 Å². The van der Waals surface area contributed by atoms with Gasteiger partial charge in [-0.1, -0.05) is 19.6 Å². The third-order valence-electron chi connectivity index (χ3n) is 3.10. The fourth-order valence-electron chi connectivity index (χ4n) is 2.02. The highest BCUT2D eigenvalue weighted by molar-refractivity contribution is 8.03. The van der Waals surface area contributed by atoms with Crippen LogP contribution < -0.4 is 10.7 Å². The van der Waals surface area contributed by atoms with Gasteiger partial charge >= 0.3 is 0 Å². The lowest BCUT2D eigenvalue weighted by molar-refractivity contribution is 0.647. The second-order valence-corrected chi connectivity index (χ2v) is 11.9. The summed E-state index contributed by atoms with van der Waals surface area (Å²) in [6.45, 7) is 7.81. The van der Waals surface area contributed by atoms with Crippen LogP contribution >= 0.6 is 11.8 Å². The van der Waals surface area contributed by atoms with Crippen LogP contribution in [0.25, 0.3) is 17.2 Å². The van der Waals surface area contributed by atoms with Gasteiger partial charge in [-0.25, -0.2) is 4.98 Å². The number of fused-ring (bicyclic) bond motifs is 1. The first-order valence-electron chi connectivity index (χ1n) is 6.47. The minimum Gasteiger partial charge on any atom is -0.465 e. The van der Waals surface area contributed by atoms with Gasteiger partial charge in [0.25, 0.3) is 0 Å². The van der Waals surface area contributed by atoms with E-state index in [-0.39, 0.29) is 0 Å². The molecule has 2 aromatic heterocycles. The molecule has 0 radical (unpaired) electrons. The molecular weight excluding hydrogens is 272 g/mol. The molecule has 0 atom stereocenters. The van der Waals surface area contributed by atoms with Crippen LogP contribution in [0.4, 0.5) is 0 Å². The maximum absolute atomic E-state index is 5.92. The molecule has 0 aliphatic carbocycles. The Morgan fingerprint density at radius 3 is 2.89 bits per heavy atom. The average molecular weight is 290 g/mol. The number of aromatic nitrogens is 1. The SMILES string of the molecule is C[Si](C)(C)c1cc2nc(/C=C3/CNCS3)ccc2o1. The maximum atomic E-state index is 5.92. The predicted molar refractivity (Wildman–Crippen MR) is 85.4 cm³/mol. The van der Waals surface area contributed by atoms with E-state index in [1.807, 2.05) is 23.9 Å². The van der Waals surface area contributed by atoms with Crippen molar-refractivity contribution in [2.24, 2.45) is 0 Å². The third kappa shape index (κ3) is 2.78. The highest BCUT2D eigenvalue weighted by atomic mass is 32.2. The molecule has 3 rings (SSSR count). The molecule has 1 aliphatic rings. The van der Waals surface area contributed by atoms with Gasteiger partial charge in [0.05, 0.1) is 11.1 Å². The van der Waals surface area contributed by atoms with Gasteiger partial charge in [0.1, 0.15) is 13.6 Å². The molecule has 0 unspecified atom stereocenters. The van der Waals surface area contributed by atoms with E-state index in [9.17, 15) is 0 Å². The van der Waals surface area contributed by atoms with Gasteiger partial charge in [-0.15, -0.1) is 11.8 Å². The van der Waals surface area contributed by atoms with Gasteiger partial charge in [-0.3, -0.25) is 0 Å². The number of hydrogen-bond acceptors (Lipinski definition) is 4. The summed E-state index contributed by atoms with van der Waals surface area (Å²) in [5.74, 6) is 1.000. The molecule has 0 amide bonds. The minimum atomic E-state index is -1.41. The second kappa shape index (κ2) is 4.81. The van der Waals surface area contributed by atoms with Crippen molar-refractivity contribution in [3.05, 3.63) is 28.8 Å². The number of nitrogens with one attached hydrogen (secondary N) is 1. The average Bonchev–Trinajstić information content (AvgIpc) is 2.95. The van der Waals surface area contributed by atoms with Gasteiger partial charge in [-0.05, 0) is 18.2 Å². The van der Waals surface area contributed by atoms with Gasteiger partial charge < -0.3 is 9.73 Å². The Hall–Kier alpha value is -1.04. The zero-order chi connectivity index (χ0) is 13.5. The summed E-state index contributed by atoms with van der Waals surface area (Å²) in [7, 11) is -1.41. The van der Waals surface area contributed by atoms with Crippen molar-refractivity contribution < 1.29 is 4.42 Å². The summed E-state index contributed by atoms with van der Waals surface area (Å²) in [6.07, 6.45) is 2.16. The quantitative estimate of drug-likeness (QED) is 0.863. The number of thioether (sulfide) groups is 1. The Balaban J connectivity index is 1.98. The van der Waals surface area contributed by atoms with Crippen molar-refractivity contribution >= 4 is 42.4 Å². The van der Waals surface area contributed by atoms with Gasteiger partial charge in [0.15, 0.2) is 5.58 Å². The summed E-state index contributed by atoms with van der Waals surface area (Å²) in [4.78, 5) is 6.03. The van der Waals surface area contributed by atoms with Crippen molar-refractivity contribution in [1.29, 1.82) is 0 Å². The van der Waals surface area contributed by atoms with E-state index in [4.69, 9.17) is 4.42 Å². The van der Waals surface area contributed by atoms with Crippen molar-refractivity contribution in [1.82, 2.24) is 10.3 Å². The molecule has 0 bridgehead atoms. The van der Waals surface area contributed by atoms with E-state index >= 15 is 0 Å². The minimum absolute atomic E-state index is 0.900. The summed E-state index contributed by atoms with van der Waals surface area (Å²) >= 11 is 1.85. The third-order valence-corrected chi connectivity index (χ3v) is 5.81. The number of furan rings is 1. The van der Waals surface area contributed by atoms with E-state index < -0.39 is 8.07 Å². The summed E-state index contributed by atoms with van der Waals surface area (Å²) in [5.41, 5.74) is 2.89. The van der Waals surface area contributed by atoms with Gasteiger partial charge in [0.2, 0.25) is 0 Å². The molecule has 1 N–H and O–H groups in total. The Morgan fingerprint density at radius 1 is 1.37 bits per heavy atom. The lowest BCUT2D eigenvalue weighted by atomic mass is 10.3. The van der Waals surface area contributed by atoms with Crippen LogP contribution in [0.15, 0.2) is 27.5 Å². The molecule has 1 fully saturated rings. The van der Waals surface area contributed by atoms with Crippen LogP contribution in [-0.4, -0.2) is 25.5 Å². The molecule has 19 heavy (non-hydrogen) atoms. The van der Waals surface area contributed by atoms with Crippen molar-refractivity contribution in [3.8, 4) is 0 Å². The molecule has 1 saturated heterocycles. The van der Waals surface area contributed by atoms with E-state index in [0.29, 0.717) is 0 Å². The maximum Gasteiger partial charge on any atom is 0.152 e. The monoisotopic (exact) mass is 290 g/mol. The zero-order valence-corrected chi connectivity index (χ0v) is 13.3. The molecule has 100 valence electrons. The van der Waals surface area contributed by atoms with E-state index in [0.717, 1.165) is 34.6 Å². The summed E-state index contributed by atoms with van der Waals surface area (Å²) in [6, 6.07) is 6.18. The van der Waals surface area contributed by atoms with E-state index in [1.54, 1.807) is 0 Å². The molecule has 1 aliphatic heterocycles. The Bertz CT molecular complexity index is 634. The molecule has 5 heteroatoms. The summed E-state index contributed by atoms with van der Waals surface area (Å²) < 4.78 is 5.92. The standard InChI is InChI=1S/C14H18N2OSSi/c1-19(2,3)14-7-12-13(17-14)5-4-10(16-12)6-11-8-15-9-18-11/h4-7,15H,8-9H2,1-3H3/b11-6-. The lowest BCUT2D eigenvalue weighted by Crippen LogP contribution is -2.36. The first-order chi connectivity index (χ1) is 9.02. The number of pyridine rings is 1.